The molecule has 0 aromatic heterocycles. The summed E-state index contributed by atoms with van der Waals surface area (Å²) in [7, 11) is -2.91. The number of sulfone groups is 1. The predicted molar refractivity (Wildman–Crippen MR) is 86.5 cm³/mol. The lowest BCUT2D eigenvalue weighted by atomic mass is 9.93. The maximum absolute atomic E-state index is 12.3. The highest BCUT2D eigenvalue weighted by Gasteiger charge is 2.42. The summed E-state index contributed by atoms with van der Waals surface area (Å²) >= 11 is 0. The molecule has 5 nitrogen and oxygen atoms in total. The van der Waals surface area contributed by atoms with Crippen molar-refractivity contribution < 1.29 is 13.2 Å². The lowest BCUT2D eigenvalue weighted by Gasteiger charge is -2.43. The number of likely N-dealkylation sites (tertiary alicyclic amines) is 1. The van der Waals surface area contributed by atoms with Gasteiger partial charge in [0.05, 0.1) is 11.0 Å². The number of nitrogens with zero attached hydrogens (tertiary/aromatic N) is 2. The second-order valence-corrected chi connectivity index (χ2v) is 9.32. The zero-order valence-corrected chi connectivity index (χ0v) is 14.2. The van der Waals surface area contributed by atoms with Crippen molar-refractivity contribution in [2.75, 3.05) is 31.9 Å². The summed E-state index contributed by atoms with van der Waals surface area (Å²) < 4.78 is 24.5. The number of fused-ring (bicyclic) bond motifs is 1. The largest absolute Gasteiger partial charge is 0.343 e. The molecule has 0 spiro atoms. The van der Waals surface area contributed by atoms with E-state index in [1.54, 1.807) is 0 Å². The van der Waals surface area contributed by atoms with Gasteiger partial charge in [0, 0.05) is 38.6 Å². The summed E-state index contributed by atoms with van der Waals surface area (Å²) in [6.45, 7) is 3.14. The summed E-state index contributed by atoms with van der Waals surface area (Å²) in [5, 5.41) is -0.180. The van der Waals surface area contributed by atoms with Crippen molar-refractivity contribution in [1.82, 2.24) is 9.80 Å². The minimum absolute atomic E-state index is 0.154. The first-order valence-corrected chi connectivity index (χ1v) is 10.5. The van der Waals surface area contributed by atoms with Crippen LogP contribution in [0.5, 0.6) is 0 Å². The van der Waals surface area contributed by atoms with Crippen molar-refractivity contribution in [3.05, 3.63) is 0 Å². The van der Waals surface area contributed by atoms with Gasteiger partial charge in [-0.05, 0) is 32.1 Å². The number of carbonyl (C=O) groups excluding carboxylic acids is 1. The zero-order chi connectivity index (χ0) is 15.6. The van der Waals surface area contributed by atoms with E-state index < -0.39 is 9.84 Å². The highest BCUT2D eigenvalue weighted by atomic mass is 32.2. The van der Waals surface area contributed by atoms with Gasteiger partial charge in [-0.2, -0.15) is 0 Å². The molecule has 0 N–H and O–H groups in total. The van der Waals surface area contributed by atoms with Gasteiger partial charge in [0.1, 0.15) is 0 Å². The van der Waals surface area contributed by atoms with Crippen molar-refractivity contribution in [2.24, 2.45) is 0 Å². The summed E-state index contributed by atoms with van der Waals surface area (Å²) in [6.07, 6.45) is 7.96. The van der Waals surface area contributed by atoms with Crippen molar-refractivity contribution in [2.45, 2.75) is 62.7 Å². The Morgan fingerprint density at radius 2 is 1.68 bits per heavy atom. The number of piperidine rings is 1. The predicted octanol–water partition coefficient (Wildman–Crippen LogP) is 1.43. The van der Waals surface area contributed by atoms with Crippen LogP contribution in [0.25, 0.3) is 0 Å². The van der Waals surface area contributed by atoms with E-state index in [-0.39, 0.29) is 23.0 Å². The highest BCUT2D eigenvalue weighted by Crippen LogP contribution is 2.32. The number of amides is 1. The van der Waals surface area contributed by atoms with E-state index in [1.165, 1.54) is 6.42 Å². The van der Waals surface area contributed by atoms with E-state index in [2.05, 4.69) is 4.90 Å². The number of hydrogen-bond donors (Lipinski definition) is 0. The molecule has 2 aliphatic heterocycles. The number of rotatable bonds is 3. The Balaban J connectivity index is 1.56. The Morgan fingerprint density at radius 3 is 2.45 bits per heavy atom. The van der Waals surface area contributed by atoms with E-state index in [9.17, 15) is 13.2 Å². The van der Waals surface area contributed by atoms with Crippen LogP contribution in [-0.2, 0) is 14.6 Å². The molecule has 6 heteroatoms. The lowest BCUT2D eigenvalue weighted by molar-refractivity contribution is -0.132. The van der Waals surface area contributed by atoms with E-state index >= 15 is 0 Å². The van der Waals surface area contributed by atoms with Gasteiger partial charge in [-0.3, -0.25) is 9.69 Å². The Kier molecular flexibility index (Phi) is 5.07. The van der Waals surface area contributed by atoms with Crippen LogP contribution in [0.3, 0.4) is 0 Å². The van der Waals surface area contributed by atoms with Gasteiger partial charge in [-0.1, -0.05) is 12.8 Å². The maximum Gasteiger partial charge on any atom is 0.223 e. The molecule has 2 saturated heterocycles. The van der Waals surface area contributed by atoms with Crippen LogP contribution in [-0.4, -0.2) is 67.3 Å². The fourth-order valence-corrected chi connectivity index (χ4v) is 6.40. The smallest absolute Gasteiger partial charge is 0.223 e. The van der Waals surface area contributed by atoms with Crippen LogP contribution in [0.1, 0.15) is 51.4 Å². The third-order valence-corrected chi connectivity index (χ3v) is 7.81. The molecule has 0 bridgehead atoms. The Morgan fingerprint density at radius 1 is 0.955 bits per heavy atom. The highest BCUT2D eigenvalue weighted by molar-refractivity contribution is 7.92. The van der Waals surface area contributed by atoms with Gasteiger partial charge < -0.3 is 4.90 Å². The van der Waals surface area contributed by atoms with Crippen LogP contribution in [0.2, 0.25) is 0 Å². The molecule has 0 radical (unpaired) electrons. The molecule has 2 atom stereocenters. The SMILES string of the molecule is O=C(CCN1CCS(=O)(=O)[C@H]2CCCC[C@@H]21)N1CCCCC1. The van der Waals surface area contributed by atoms with Crippen molar-refractivity contribution in [3.8, 4) is 0 Å². The molecular formula is C16H28N2O3S. The first-order chi connectivity index (χ1) is 10.6. The molecule has 3 aliphatic rings. The van der Waals surface area contributed by atoms with Gasteiger partial charge in [0.25, 0.3) is 0 Å². The minimum Gasteiger partial charge on any atom is -0.343 e. The molecule has 2 heterocycles. The maximum atomic E-state index is 12.3. The van der Waals surface area contributed by atoms with E-state index in [0.29, 0.717) is 13.0 Å². The number of hydrogen-bond acceptors (Lipinski definition) is 4. The summed E-state index contributed by atoms with van der Waals surface area (Å²) in [6, 6.07) is 0.154. The van der Waals surface area contributed by atoms with Crippen LogP contribution in [0.15, 0.2) is 0 Å². The second kappa shape index (κ2) is 6.87. The number of carbonyl (C=O) groups is 1. The third kappa shape index (κ3) is 3.48. The lowest BCUT2D eigenvalue weighted by Crippen LogP contribution is -2.56. The monoisotopic (exact) mass is 328 g/mol. The van der Waals surface area contributed by atoms with Crippen molar-refractivity contribution in [3.63, 3.8) is 0 Å². The summed E-state index contributed by atoms with van der Waals surface area (Å²) in [5.41, 5.74) is 0. The van der Waals surface area contributed by atoms with Crippen molar-refractivity contribution >= 4 is 15.7 Å². The molecule has 1 aliphatic carbocycles. The first-order valence-electron chi connectivity index (χ1n) is 8.81. The average Bonchev–Trinajstić information content (AvgIpc) is 2.55. The summed E-state index contributed by atoms with van der Waals surface area (Å²) in [4.78, 5) is 16.6. The first kappa shape index (κ1) is 16.2. The quantitative estimate of drug-likeness (QED) is 0.786. The average molecular weight is 328 g/mol. The molecule has 0 aromatic carbocycles. The fourth-order valence-electron chi connectivity index (χ4n) is 4.29. The van der Waals surface area contributed by atoms with Crippen LogP contribution >= 0.6 is 0 Å². The normalized spacial score (nSPS) is 32.5. The van der Waals surface area contributed by atoms with Gasteiger partial charge in [-0.15, -0.1) is 0 Å². The molecule has 22 heavy (non-hydrogen) atoms. The van der Waals surface area contributed by atoms with Crippen LogP contribution in [0.4, 0.5) is 0 Å². The Bertz CT molecular complexity index is 500. The van der Waals surface area contributed by atoms with Gasteiger partial charge in [-0.25, -0.2) is 8.42 Å². The Hall–Kier alpha value is -0.620. The van der Waals surface area contributed by atoms with Gasteiger partial charge in [0.15, 0.2) is 9.84 Å². The Labute approximate surface area is 134 Å². The topological polar surface area (TPSA) is 57.7 Å². The molecule has 0 aromatic rings. The van der Waals surface area contributed by atoms with E-state index in [0.717, 1.165) is 58.2 Å². The zero-order valence-electron chi connectivity index (χ0n) is 13.4. The standard InChI is InChI=1S/C16H28N2O3S/c19-16(18-9-4-1-5-10-18)8-11-17-12-13-22(20,21)15-7-3-2-6-14(15)17/h14-15H,1-13H2/t14-,15-/m0/s1. The van der Waals surface area contributed by atoms with Crippen LogP contribution < -0.4 is 0 Å². The molecule has 0 unspecified atom stereocenters. The van der Waals surface area contributed by atoms with E-state index in [1.807, 2.05) is 4.90 Å². The van der Waals surface area contributed by atoms with Gasteiger partial charge in [0.2, 0.25) is 5.91 Å². The van der Waals surface area contributed by atoms with Gasteiger partial charge >= 0.3 is 0 Å². The molecule has 3 fully saturated rings. The molecule has 1 saturated carbocycles. The summed E-state index contributed by atoms with van der Waals surface area (Å²) in [5.74, 6) is 0.520. The molecular weight excluding hydrogens is 300 g/mol. The molecule has 126 valence electrons. The molecule has 3 rings (SSSR count). The fraction of sp³-hybridized carbons (Fsp3) is 0.938. The third-order valence-electron chi connectivity index (χ3n) is 5.58. The second-order valence-electron chi connectivity index (χ2n) is 6.98. The van der Waals surface area contributed by atoms with Crippen LogP contribution in [0, 0.1) is 0 Å². The molecule has 1 amide bonds. The van der Waals surface area contributed by atoms with E-state index in [4.69, 9.17) is 0 Å². The van der Waals surface area contributed by atoms with Crippen molar-refractivity contribution in [1.29, 1.82) is 0 Å². The minimum atomic E-state index is -2.91.